The molecule has 0 unspecified atom stereocenters. The standard InChI is InChI=1S/C15H20ClNO3/c1-4-9-17(10-13(18)19)14(20)15(2,3)11-5-7-12(16)8-6-11/h5-8H,4,9-10H2,1-3H3,(H,18,19). The van der Waals surface area contributed by atoms with Crippen LogP contribution in [0.2, 0.25) is 5.02 Å². The van der Waals surface area contributed by atoms with E-state index in [9.17, 15) is 9.59 Å². The monoisotopic (exact) mass is 297 g/mol. The van der Waals surface area contributed by atoms with Crippen molar-refractivity contribution >= 4 is 23.5 Å². The molecule has 4 nitrogen and oxygen atoms in total. The summed E-state index contributed by atoms with van der Waals surface area (Å²) in [5.74, 6) is -1.19. The molecule has 0 aliphatic rings. The Bertz CT molecular complexity index is 482. The molecule has 1 rings (SSSR count). The lowest BCUT2D eigenvalue weighted by atomic mass is 9.83. The van der Waals surface area contributed by atoms with Crippen molar-refractivity contribution in [3.8, 4) is 0 Å². The van der Waals surface area contributed by atoms with E-state index in [4.69, 9.17) is 16.7 Å². The predicted octanol–water partition coefficient (Wildman–Crippen LogP) is 2.94. The SMILES string of the molecule is CCCN(CC(=O)O)C(=O)C(C)(C)c1ccc(Cl)cc1. The summed E-state index contributed by atoms with van der Waals surface area (Å²) in [6.07, 6.45) is 0.718. The maximum Gasteiger partial charge on any atom is 0.323 e. The van der Waals surface area contributed by atoms with Gasteiger partial charge in [-0.1, -0.05) is 30.7 Å². The number of aliphatic carboxylic acids is 1. The normalized spacial score (nSPS) is 11.2. The van der Waals surface area contributed by atoms with Crippen molar-refractivity contribution in [2.45, 2.75) is 32.6 Å². The summed E-state index contributed by atoms with van der Waals surface area (Å²) in [5, 5.41) is 9.53. The smallest absolute Gasteiger partial charge is 0.323 e. The Morgan fingerprint density at radius 2 is 1.80 bits per heavy atom. The molecule has 1 aromatic carbocycles. The number of nitrogens with zero attached hydrogens (tertiary/aromatic N) is 1. The zero-order valence-electron chi connectivity index (χ0n) is 12.0. The van der Waals surface area contributed by atoms with E-state index in [2.05, 4.69) is 0 Å². The van der Waals surface area contributed by atoms with Crippen LogP contribution in [-0.2, 0) is 15.0 Å². The zero-order chi connectivity index (χ0) is 15.3. The molecule has 0 heterocycles. The van der Waals surface area contributed by atoms with Crippen molar-refractivity contribution in [2.24, 2.45) is 0 Å². The minimum atomic E-state index is -1.00. The molecule has 1 N–H and O–H groups in total. The maximum absolute atomic E-state index is 12.6. The fraction of sp³-hybridized carbons (Fsp3) is 0.467. The number of benzene rings is 1. The quantitative estimate of drug-likeness (QED) is 0.878. The average molecular weight is 298 g/mol. The summed E-state index contributed by atoms with van der Waals surface area (Å²) in [5.41, 5.74) is 0.0354. The van der Waals surface area contributed by atoms with Gasteiger partial charge in [0.2, 0.25) is 5.91 Å². The summed E-state index contributed by atoms with van der Waals surface area (Å²) in [4.78, 5) is 24.9. The molecule has 110 valence electrons. The molecule has 5 heteroatoms. The topological polar surface area (TPSA) is 57.6 Å². The highest BCUT2D eigenvalue weighted by Gasteiger charge is 2.34. The highest BCUT2D eigenvalue weighted by Crippen LogP contribution is 2.27. The van der Waals surface area contributed by atoms with Crippen molar-refractivity contribution in [3.63, 3.8) is 0 Å². The molecule has 0 aromatic heterocycles. The van der Waals surface area contributed by atoms with Gasteiger partial charge in [0, 0.05) is 11.6 Å². The van der Waals surface area contributed by atoms with E-state index in [0.29, 0.717) is 11.6 Å². The maximum atomic E-state index is 12.6. The second-order valence-electron chi connectivity index (χ2n) is 5.25. The van der Waals surface area contributed by atoms with E-state index >= 15 is 0 Å². The van der Waals surface area contributed by atoms with Gasteiger partial charge in [0.05, 0.1) is 5.41 Å². The van der Waals surface area contributed by atoms with Gasteiger partial charge >= 0.3 is 5.97 Å². The van der Waals surface area contributed by atoms with Crippen LogP contribution in [0.4, 0.5) is 0 Å². The third-order valence-electron chi connectivity index (χ3n) is 3.21. The van der Waals surface area contributed by atoms with Gasteiger partial charge in [0.1, 0.15) is 6.54 Å². The second kappa shape index (κ2) is 6.75. The van der Waals surface area contributed by atoms with Crippen molar-refractivity contribution < 1.29 is 14.7 Å². The van der Waals surface area contributed by atoms with E-state index in [1.165, 1.54) is 4.90 Å². The first-order chi connectivity index (χ1) is 9.28. The van der Waals surface area contributed by atoms with Gasteiger partial charge in [-0.05, 0) is 38.0 Å². The molecule has 0 radical (unpaired) electrons. The molecule has 0 atom stereocenters. The number of amides is 1. The average Bonchev–Trinajstić information content (AvgIpc) is 2.37. The molecular formula is C15H20ClNO3. The number of carbonyl (C=O) groups is 2. The number of hydrogen-bond donors (Lipinski definition) is 1. The van der Waals surface area contributed by atoms with Crippen LogP contribution in [0.5, 0.6) is 0 Å². The van der Waals surface area contributed by atoms with Crippen LogP contribution >= 0.6 is 11.6 Å². The van der Waals surface area contributed by atoms with Crippen molar-refractivity contribution in [2.75, 3.05) is 13.1 Å². The molecular weight excluding hydrogens is 278 g/mol. The fourth-order valence-corrected chi connectivity index (χ4v) is 2.20. The summed E-state index contributed by atoms with van der Waals surface area (Å²) in [6.45, 7) is 5.66. The Balaban J connectivity index is 3.01. The number of carboxylic acid groups (broad SMARTS) is 1. The third kappa shape index (κ3) is 3.97. The van der Waals surface area contributed by atoms with Gasteiger partial charge in [0.25, 0.3) is 0 Å². The van der Waals surface area contributed by atoms with Gasteiger partial charge < -0.3 is 10.0 Å². The Kier molecular flexibility index (Phi) is 5.57. The zero-order valence-corrected chi connectivity index (χ0v) is 12.8. The molecule has 20 heavy (non-hydrogen) atoms. The Morgan fingerprint density at radius 3 is 2.25 bits per heavy atom. The summed E-state index contributed by atoms with van der Waals surface area (Å²) < 4.78 is 0. The number of hydrogen-bond acceptors (Lipinski definition) is 2. The van der Waals surface area contributed by atoms with Crippen molar-refractivity contribution in [3.05, 3.63) is 34.9 Å². The number of carboxylic acids is 1. The van der Waals surface area contributed by atoms with Gasteiger partial charge in [-0.2, -0.15) is 0 Å². The van der Waals surface area contributed by atoms with Crippen LogP contribution in [0.25, 0.3) is 0 Å². The van der Waals surface area contributed by atoms with Crippen molar-refractivity contribution in [1.29, 1.82) is 0 Å². The molecule has 0 fully saturated rings. The van der Waals surface area contributed by atoms with Crippen LogP contribution in [0.1, 0.15) is 32.8 Å². The first-order valence-electron chi connectivity index (χ1n) is 6.56. The number of halogens is 1. The van der Waals surface area contributed by atoms with Crippen LogP contribution in [0.15, 0.2) is 24.3 Å². The van der Waals surface area contributed by atoms with Crippen LogP contribution < -0.4 is 0 Å². The molecule has 0 saturated carbocycles. The molecule has 1 aromatic rings. The highest BCUT2D eigenvalue weighted by atomic mass is 35.5. The minimum Gasteiger partial charge on any atom is -0.480 e. The lowest BCUT2D eigenvalue weighted by Crippen LogP contribution is -2.46. The van der Waals surface area contributed by atoms with Gasteiger partial charge in [-0.25, -0.2) is 0 Å². The lowest BCUT2D eigenvalue weighted by Gasteiger charge is -2.31. The van der Waals surface area contributed by atoms with Crippen molar-refractivity contribution in [1.82, 2.24) is 4.90 Å². The molecule has 0 saturated heterocycles. The molecule has 0 aliphatic heterocycles. The largest absolute Gasteiger partial charge is 0.480 e. The Hall–Kier alpha value is -1.55. The molecule has 1 amide bonds. The van der Waals surface area contributed by atoms with E-state index in [1.807, 2.05) is 6.92 Å². The van der Waals surface area contributed by atoms with E-state index in [-0.39, 0.29) is 12.5 Å². The van der Waals surface area contributed by atoms with E-state index < -0.39 is 11.4 Å². The van der Waals surface area contributed by atoms with Crippen LogP contribution in [0.3, 0.4) is 0 Å². The third-order valence-corrected chi connectivity index (χ3v) is 3.46. The van der Waals surface area contributed by atoms with Gasteiger partial charge in [0.15, 0.2) is 0 Å². The van der Waals surface area contributed by atoms with Gasteiger partial charge in [-0.15, -0.1) is 0 Å². The predicted molar refractivity (Wildman–Crippen MR) is 79.0 cm³/mol. The van der Waals surface area contributed by atoms with E-state index in [0.717, 1.165) is 12.0 Å². The summed E-state index contributed by atoms with van der Waals surface area (Å²) >= 11 is 5.85. The molecule has 0 aliphatic carbocycles. The van der Waals surface area contributed by atoms with E-state index in [1.54, 1.807) is 38.1 Å². The Morgan fingerprint density at radius 1 is 1.25 bits per heavy atom. The first-order valence-corrected chi connectivity index (χ1v) is 6.94. The Labute approximate surface area is 124 Å². The fourth-order valence-electron chi connectivity index (χ4n) is 2.07. The summed E-state index contributed by atoms with van der Waals surface area (Å²) in [7, 11) is 0. The minimum absolute atomic E-state index is 0.191. The van der Waals surface area contributed by atoms with Gasteiger partial charge in [-0.3, -0.25) is 9.59 Å². The second-order valence-corrected chi connectivity index (χ2v) is 5.69. The summed E-state index contributed by atoms with van der Waals surface area (Å²) in [6, 6.07) is 7.05. The molecule has 0 bridgehead atoms. The molecule has 0 spiro atoms. The van der Waals surface area contributed by atoms with Crippen LogP contribution in [0, 0.1) is 0 Å². The highest BCUT2D eigenvalue weighted by molar-refractivity contribution is 6.30. The number of carbonyl (C=O) groups excluding carboxylic acids is 1. The first kappa shape index (κ1) is 16.5. The lowest BCUT2D eigenvalue weighted by molar-refractivity contribution is -0.146. The van der Waals surface area contributed by atoms with Crippen LogP contribution in [-0.4, -0.2) is 35.0 Å². The number of rotatable bonds is 6.